The molecule has 264 valence electrons. The standard InChI is InChI=1S/C37H53N3O8/c1-26(2)39(35(42)28-14-17-31(45-7)32(20-28)46-19-11-18-44-6)23-29-22-38(36(43)48-37(3,4)5)24-33(29)47-25-34(41)40(30-15-16-30)21-27-12-9-8-10-13-27/h8-10,12-14,17,20,26,29-30,33H,11,15-16,18-19,21-25H2,1-7H3/t29-,33-/m1/s1. The maximum absolute atomic E-state index is 14.0. The molecule has 1 saturated carbocycles. The maximum atomic E-state index is 14.0. The molecule has 0 unspecified atom stereocenters. The number of amides is 3. The predicted octanol–water partition coefficient (Wildman–Crippen LogP) is 5.40. The fourth-order valence-electron chi connectivity index (χ4n) is 5.78. The van der Waals surface area contributed by atoms with Crippen LogP contribution in [0.4, 0.5) is 4.79 Å². The number of hydrogen-bond acceptors (Lipinski definition) is 8. The minimum atomic E-state index is -0.665. The fourth-order valence-corrected chi connectivity index (χ4v) is 5.78. The van der Waals surface area contributed by atoms with E-state index in [1.807, 2.05) is 69.9 Å². The Kier molecular flexibility index (Phi) is 13.1. The van der Waals surface area contributed by atoms with Crippen LogP contribution in [0.5, 0.6) is 11.5 Å². The Balaban J connectivity index is 1.50. The Morgan fingerprint density at radius 1 is 0.958 bits per heavy atom. The van der Waals surface area contributed by atoms with E-state index in [0.29, 0.717) is 56.3 Å². The van der Waals surface area contributed by atoms with Crippen LogP contribution in [0.2, 0.25) is 0 Å². The zero-order chi connectivity index (χ0) is 34.8. The molecule has 4 rings (SSSR count). The van der Waals surface area contributed by atoms with Crippen molar-refractivity contribution in [3.63, 3.8) is 0 Å². The minimum Gasteiger partial charge on any atom is -0.493 e. The van der Waals surface area contributed by atoms with E-state index in [1.165, 1.54) is 0 Å². The number of benzene rings is 2. The first-order valence-corrected chi connectivity index (χ1v) is 16.9. The molecule has 0 N–H and O–H groups in total. The molecule has 2 atom stereocenters. The van der Waals surface area contributed by atoms with Gasteiger partial charge in [-0.15, -0.1) is 0 Å². The highest BCUT2D eigenvalue weighted by Crippen LogP contribution is 2.31. The first-order valence-electron chi connectivity index (χ1n) is 16.9. The first-order chi connectivity index (χ1) is 22.9. The topological polar surface area (TPSA) is 107 Å². The molecule has 1 aliphatic carbocycles. The summed E-state index contributed by atoms with van der Waals surface area (Å²) in [5.41, 5.74) is 0.865. The van der Waals surface area contributed by atoms with E-state index in [2.05, 4.69) is 0 Å². The van der Waals surface area contributed by atoms with Crippen molar-refractivity contribution >= 4 is 17.9 Å². The molecular weight excluding hydrogens is 614 g/mol. The van der Waals surface area contributed by atoms with Crippen molar-refractivity contribution in [1.29, 1.82) is 0 Å². The fraction of sp³-hybridized carbons (Fsp3) is 0.595. The molecule has 11 heteroatoms. The van der Waals surface area contributed by atoms with Gasteiger partial charge in [0, 0.05) is 63.3 Å². The highest BCUT2D eigenvalue weighted by molar-refractivity contribution is 5.95. The van der Waals surface area contributed by atoms with Crippen LogP contribution in [0.3, 0.4) is 0 Å². The Hall–Kier alpha value is -3.83. The van der Waals surface area contributed by atoms with E-state index in [0.717, 1.165) is 18.4 Å². The summed E-state index contributed by atoms with van der Waals surface area (Å²) in [6, 6.07) is 15.2. The summed E-state index contributed by atoms with van der Waals surface area (Å²) < 4.78 is 28.5. The molecule has 11 nitrogen and oxygen atoms in total. The van der Waals surface area contributed by atoms with Gasteiger partial charge < -0.3 is 38.4 Å². The molecule has 0 bridgehead atoms. The van der Waals surface area contributed by atoms with Gasteiger partial charge in [-0.25, -0.2) is 4.79 Å². The van der Waals surface area contributed by atoms with E-state index in [1.54, 1.807) is 42.2 Å². The van der Waals surface area contributed by atoms with Crippen LogP contribution < -0.4 is 9.47 Å². The van der Waals surface area contributed by atoms with Gasteiger partial charge in [-0.05, 0) is 71.2 Å². The van der Waals surface area contributed by atoms with Crippen molar-refractivity contribution in [2.75, 3.05) is 53.7 Å². The van der Waals surface area contributed by atoms with Gasteiger partial charge in [0.25, 0.3) is 5.91 Å². The second-order valence-electron chi connectivity index (χ2n) is 13.8. The zero-order valence-electron chi connectivity index (χ0n) is 29.6. The van der Waals surface area contributed by atoms with Gasteiger partial charge >= 0.3 is 6.09 Å². The summed E-state index contributed by atoms with van der Waals surface area (Å²) >= 11 is 0. The second-order valence-corrected chi connectivity index (χ2v) is 13.8. The lowest BCUT2D eigenvalue weighted by molar-refractivity contribution is -0.140. The molecule has 48 heavy (non-hydrogen) atoms. The summed E-state index contributed by atoms with van der Waals surface area (Å²) in [7, 11) is 3.20. The lowest BCUT2D eigenvalue weighted by Gasteiger charge is -2.32. The predicted molar refractivity (Wildman–Crippen MR) is 182 cm³/mol. The van der Waals surface area contributed by atoms with Crippen LogP contribution in [0.15, 0.2) is 48.5 Å². The average Bonchev–Trinajstić information content (AvgIpc) is 3.81. The minimum absolute atomic E-state index is 0.0797. The third-order valence-electron chi connectivity index (χ3n) is 8.43. The van der Waals surface area contributed by atoms with Crippen LogP contribution >= 0.6 is 0 Å². The summed E-state index contributed by atoms with van der Waals surface area (Å²) in [4.78, 5) is 46.0. The normalized spacial score (nSPS) is 17.7. The van der Waals surface area contributed by atoms with Gasteiger partial charge in [-0.1, -0.05) is 30.3 Å². The van der Waals surface area contributed by atoms with E-state index in [4.69, 9.17) is 23.7 Å². The number of methoxy groups -OCH3 is 2. The summed E-state index contributed by atoms with van der Waals surface area (Å²) in [6.45, 7) is 11.7. The van der Waals surface area contributed by atoms with Gasteiger partial charge in [0.15, 0.2) is 11.5 Å². The molecular formula is C37H53N3O8. The second kappa shape index (κ2) is 17.0. The maximum Gasteiger partial charge on any atom is 0.410 e. The van der Waals surface area contributed by atoms with Crippen molar-refractivity contribution in [1.82, 2.24) is 14.7 Å². The van der Waals surface area contributed by atoms with Gasteiger partial charge in [-0.3, -0.25) is 9.59 Å². The van der Waals surface area contributed by atoms with Crippen LogP contribution in [0, 0.1) is 5.92 Å². The van der Waals surface area contributed by atoms with Crippen LogP contribution in [-0.4, -0.2) is 110 Å². The Morgan fingerprint density at radius 3 is 2.31 bits per heavy atom. The number of nitrogens with zero attached hydrogens (tertiary/aromatic N) is 3. The molecule has 1 heterocycles. The van der Waals surface area contributed by atoms with E-state index in [9.17, 15) is 14.4 Å². The first kappa shape index (κ1) is 37.0. The lowest BCUT2D eigenvalue weighted by atomic mass is 10.0. The molecule has 3 amide bonds. The van der Waals surface area contributed by atoms with E-state index < -0.39 is 17.8 Å². The zero-order valence-corrected chi connectivity index (χ0v) is 29.6. The Bertz CT molecular complexity index is 1360. The summed E-state index contributed by atoms with van der Waals surface area (Å²) in [5, 5.41) is 0. The van der Waals surface area contributed by atoms with Crippen molar-refractivity contribution in [3.05, 3.63) is 59.7 Å². The smallest absolute Gasteiger partial charge is 0.410 e. The van der Waals surface area contributed by atoms with E-state index in [-0.39, 0.29) is 43.0 Å². The third kappa shape index (κ3) is 10.6. The van der Waals surface area contributed by atoms with Gasteiger partial charge in [0.05, 0.1) is 26.4 Å². The molecule has 1 aliphatic heterocycles. The highest BCUT2D eigenvalue weighted by atomic mass is 16.6. The van der Waals surface area contributed by atoms with Crippen LogP contribution in [-0.2, 0) is 25.5 Å². The SMILES string of the molecule is COCCCOc1cc(C(=O)N(C[C@H]2CN(C(=O)OC(C)(C)C)C[C@H]2OCC(=O)N(Cc2ccccc2)C2CC2)C(C)C)ccc1OC. The molecule has 2 aliphatic rings. The average molecular weight is 668 g/mol. The Morgan fingerprint density at radius 2 is 1.69 bits per heavy atom. The number of hydrogen-bond donors (Lipinski definition) is 0. The summed E-state index contributed by atoms with van der Waals surface area (Å²) in [6.07, 6.45) is 1.74. The molecule has 0 aromatic heterocycles. The quantitative estimate of drug-likeness (QED) is 0.219. The lowest BCUT2D eigenvalue weighted by Crippen LogP contribution is -2.44. The van der Waals surface area contributed by atoms with Gasteiger partial charge in [-0.2, -0.15) is 0 Å². The molecule has 2 aromatic rings. The monoisotopic (exact) mass is 667 g/mol. The Labute approximate surface area is 285 Å². The number of likely N-dealkylation sites (tertiary alicyclic amines) is 1. The van der Waals surface area contributed by atoms with Crippen molar-refractivity contribution in [2.45, 2.75) is 84.2 Å². The molecule has 2 aromatic carbocycles. The van der Waals surface area contributed by atoms with Crippen LogP contribution in [0.25, 0.3) is 0 Å². The van der Waals surface area contributed by atoms with Crippen molar-refractivity contribution in [3.8, 4) is 11.5 Å². The summed E-state index contributed by atoms with van der Waals surface area (Å²) in [5.74, 6) is 0.514. The molecule has 0 radical (unpaired) electrons. The van der Waals surface area contributed by atoms with Crippen LogP contribution in [0.1, 0.15) is 69.8 Å². The van der Waals surface area contributed by atoms with Gasteiger partial charge in [0.1, 0.15) is 12.2 Å². The van der Waals surface area contributed by atoms with Crippen molar-refractivity contribution < 1.29 is 38.1 Å². The molecule has 2 fully saturated rings. The number of rotatable bonds is 16. The highest BCUT2D eigenvalue weighted by Gasteiger charge is 2.41. The molecule has 1 saturated heterocycles. The van der Waals surface area contributed by atoms with Gasteiger partial charge in [0.2, 0.25) is 5.91 Å². The van der Waals surface area contributed by atoms with Crippen molar-refractivity contribution in [2.24, 2.45) is 5.92 Å². The number of ether oxygens (including phenoxy) is 5. The number of carbonyl (C=O) groups is 3. The largest absolute Gasteiger partial charge is 0.493 e. The van der Waals surface area contributed by atoms with E-state index >= 15 is 0 Å². The molecule has 0 spiro atoms. The number of carbonyl (C=O) groups excluding carboxylic acids is 3. The third-order valence-corrected chi connectivity index (χ3v) is 8.43.